The Hall–Kier alpha value is -1.82. The van der Waals surface area contributed by atoms with Gasteiger partial charge >= 0.3 is 0 Å². The molecule has 0 saturated carbocycles. The van der Waals surface area contributed by atoms with Crippen LogP contribution in [0, 0.1) is 5.92 Å². The molecule has 1 heterocycles. The number of anilines is 1. The largest absolute Gasteiger partial charge is 0.489 e. The van der Waals surface area contributed by atoms with Crippen LogP contribution in [0.2, 0.25) is 0 Å². The van der Waals surface area contributed by atoms with Crippen molar-refractivity contribution in [3.63, 3.8) is 0 Å². The summed E-state index contributed by atoms with van der Waals surface area (Å²) in [5.41, 5.74) is 7.55. The van der Waals surface area contributed by atoms with Gasteiger partial charge in [-0.1, -0.05) is 26.0 Å². The third-order valence-electron chi connectivity index (χ3n) is 3.29. The van der Waals surface area contributed by atoms with Crippen LogP contribution >= 0.6 is 24.8 Å². The lowest BCUT2D eigenvalue weighted by Gasteiger charge is -2.14. The van der Waals surface area contributed by atoms with Gasteiger partial charge in [-0.2, -0.15) is 0 Å². The zero-order valence-electron chi connectivity index (χ0n) is 14.3. The van der Waals surface area contributed by atoms with E-state index in [1.165, 1.54) is 0 Å². The molecule has 0 spiro atoms. The zero-order valence-corrected chi connectivity index (χ0v) is 16.0. The Balaban J connectivity index is 0.00000288. The van der Waals surface area contributed by atoms with Gasteiger partial charge < -0.3 is 15.8 Å². The number of hydrogen-bond donors (Lipinski definition) is 2. The molecule has 3 N–H and O–H groups in total. The second kappa shape index (κ2) is 11.7. The number of amides is 1. The van der Waals surface area contributed by atoms with Crippen LogP contribution < -0.4 is 15.8 Å². The molecule has 0 unspecified atom stereocenters. The van der Waals surface area contributed by atoms with Crippen molar-refractivity contribution in [1.29, 1.82) is 0 Å². The van der Waals surface area contributed by atoms with Crippen molar-refractivity contribution in [2.24, 2.45) is 11.7 Å². The second-order valence-electron chi connectivity index (χ2n) is 5.90. The number of halogens is 2. The number of benzene rings is 1. The first-order chi connectivity index (χ1) is 11.0. The van der Waals surface area contributed by atoms with Crippen LogP contribution in [0.3, 0.4) is 0 Å². The van der Waals surface area contributed by atoms with E-state index in [1.54, 1.807) is 18.5 Å². The van der Waals surface area contributed by atoms with Crippen molar-refractivity contribution in [2.45, 2.75) is 32.9 Å². The van der Waals surface area contributed by atoms with Crippen LogP contribution in [0.5, 0.6) is 5.75 Å². The average Bonchev–Trinajstić information content (AvgIpc) is 2.53. The molecule has 138 valence electrons. The molecule has 1 amide bonds. The van der Waals surface area contributed by atoms with Gasteiger partial charge in [0.2, 0.25) is 5.91 Å². The molecule has 0 bridgehead atoms. The number of rotatable bonds is 7. The summed E-state index contributed by atoms with van der Waals surface area (Å²) in [7, 11) is 0. The van der Waals surface area contributed by atoms with Crippen LogP contribution in [0.1, 0.15) is 25.8 Å². The number of hydrogen-bond acceptors (Lipinski definition) is 4. The highest BCUT2D eigenvalue weighted by atomic mass is 35.5. The van der Waals surface area contributed by atoms with Crippen LogP contribution in [0.25, 0.3) is 0 Å². The number of nitrogens with zero attached hydrogens (tertiary/aromatic N) is 1. The lowest BCUT2D eigenvalue weighted by molar-refractivity contribution is -0.117. The first-order valence-corrected chi connectivity index (χ1v) is 7.73. The average molecular weight is 386 g/mol. The molecule has 2 rings (SSSR count). The predicted molar refractivity (Wildman–Crippen MR) is 106 cm³/mol. The van der Waals surface area contributed by atoms with Gasteiger partial charge in [0.1, 0.15) is 12.4 Å². The molecule has 1 atom stereocenters. The molecule has 5 nitrogen and oxygen atoms in total. The zero-order chi connectivity index (χ0) is 16.7. The minimum atomic E-state index is -0.505. The summed E-state index contributed by atoms with van der Waals surface area (Å²) in [6.07, 6.45) is 4.14. The molecule has 0 aliphatic heterocycles. The van der Waals surface area contributed by atoms with E-state index in [0.29, 0.717) is 30.4 Å². The van der Waals surface area contributed by atoms with Crippen LogP contribution in [-0.4, -0.2) is 16.9 Å². The van der Waals surface area contributed by atoms with Gasteiger partial charge in [-0.25, -0.2) is 0 Å². The molecule has 0 radical (unpaired) electrons. The fraction of sp³-hybridized carbons (Fsp3) is 0.333. The monoisotopic (exact) mass is 385 g/mol. The fourth-order valence-corrected chi connectivity index (χ4v) is 2.16. The highest BCUT2D eigenvalue weighted by Crippen LogP contribution is 2.19. The summed E-state index contributed by atoms with van der Waals surface area (Å²) in [5, 5.41) is 2.83. The van der Waals surface area contributed by atoms with E-state index in [4.69, 9.17) is 10.5 Å². The van der Waals surface area contributed by atoms with Gasteiger partial charge in [-0.3, -0.25) is 9.78 Å². The summed E-state index contributed by atoms with van der Waals surface area (Å²) >= 11 is 0. The molecule has 2 aromatic rings. The minimum Gasteiger partial charge on any atom is -0.489 e. The van der Waals surface area contributed by atoms with Crippen molar-refractivity contribution in [3.8, 4) is 5.75 Å². The first kappa shape index (κ1) is 23.2. The molecule has 0 aliphatic rings. The van der Waals surface area contributed by atoms with Gasteiger partial charge in [-0.05, 0) is 30.5 Å². The topological polar surface area (TPSA) is 77.2 Å². The molecule has 0 fully saturated rings. The molecular weight excluding hydrogens is 361 g/mol. The third kappa shape index (κ3) is 8.20. The molecule has 7 heteroatoms. The number of pyridine rings is 1. The summed E-state index contributed by atoms with van der Waals surface area (Å²) < 4.78 is 5.72. The van der Waals surface area contributed by atoms with Gasteiger partial charge in [0, 0.05) is 29.7 Å². The quantitative estimate of drug-likeness (QED) is 0.759. The van der Waals surface area contributed by atoms with Crippen molar-refractivity contribution < 1.29 is 9.53 Å². The fourth-order valence-electron chi connectivity index (χ4n) is 2.16. The number of ether oxygens (including phenoxy) is 1. The number of aromatic nitrogens is 1. The SMILES string of the molecule is CC(C)C[C@H](N)C(=O)Nc1cccc(OCc2cccnc2)c1.Cl.Cl. The van der Waals surface area contributed by atoms with Gasteiger partial charge in [0.15, 0.2) is 0 Å². The molecule has 1 aromatic carbocycles. The number of carbonyl (C=O) groups excluding carboxylic acids is 1. The Morgan fingerprint density at radius 2 is 2.00 bits per heavy atom. The summed E-state index contributed by atoms with van der Waals surface area (Å²) in [6.45, 7) is 4.51. The lowest BCUT2D eigenvalue weighted by Crippen LogP contribution is -2.36. The molecule has 25 heavy (non-hydrogen) atoms. The maximum Gasteiger partial charge on any atom is 0.241 e. The Labute approximate surface area is 161 Å². The molecule has 1 aromatic heterocycles. The highest BCUT2D eigenvalue weighted by Gasteiger charge is 2.15. The number of carbonyl (C=O) groups is 1. The Kier molecular flexibility index (Phi) is 10.8. The molecular formula is C18H25Cl2N3O2. The Morgan fingerprint density at radius 1 is 1.24 bits per heavy atom. The van der Waals surface area contributed by atoms with Gasteiger partial charge in [-0.15, -0.1) is 24.8 Å². The summed E-state index contributed by atoms with van der Waals surface area (Å²) in [6, 6.07) is 10.6. The van der Waals surface area contributed by atoms with E-state index in [-0.39, 0.29) is 30.7 Å². The van der Waals surface area contributed by atoms with Crippen LogP contribution in [-0.2, 0) is 11.4 Å². The van der Waals surface area contributed by atoms with E-state index in [9.17, 15) is 4.79 Å². The van der Waals surface area contributed by atoms with Gasteiger partial charge in [0.25, 0.3) is 0 Å². The normalized spacial score (nSPS) is 11.0. The smallest absolute Gasteiger partial charge is 0.241 e. The van der Waals surface area contributed by atoms with E-state index in [0.717, 1.165) is 5.56 Å². The Morgan fingerprint density at radius 3 is 2.64 bits per heavy atom. The van der Waals surface area contributed by atoms with Crippen molar-refractivity contribution in [1.82, 2.24) is 4.98 Å². The lowest BCUT2D eigenvalue weighted by atomic mass is 10.0. The second-order valence-corrected chi connectivity index (χ2v) is 5.90. The van der Waals surface area contributed by atoms with E-state index in [1.807, 2.05) is 44.2 Å². The Bertz CT molecular complexity index is 639. The van der Waals surface area contributed by atoms with Crippen LogP contribution in [0.4, 0.5) is 5.69 Å². The van der Waals surface area contributed by atoms with Crippen LogP contribution in [0.15, 0.2) is 48.8 Å². The summed E-state index contributed by atoms with van der Waals surface area (Å²) in [5.74, 6) is 0.886. The molecule has 0 saturated heterocycles. The highest BCUT2D eigenvalue weighted by molar-refractivity contribution is 5.94. The van der Waals surface area contributed by atoms with Crippen molar-refractivity contribution >= 4 is 36.4 Å². The third-order valence-corrected chi connectivity index (χ3v) is 3.29. The summed E-state index contributed by atoms with van der Waals surface area (Å²) in [4.78, 5) is 16.1. The first-order valence-electron chi connectivity index (χ1n) is 7.73. The molecule has 0 aliphatic carbocycles. The van der Waals surface area contributed by atoms with Gasteiger partial charge in [0.05, 0.1) is 6.04 Å². The van der Waals surface area contributed by atoms with E-state index in [2.05, 4.69) is 10.3 Å². The maximum absolute atomic E-state index is 12.1. The minimum absolute atomic E-state index is 0. The van der Waals surface area contributed by atoms with E-state index < -0.39 is 6.04 Å². The number of nitrogens with one attached hydrogen (secondary N) is 1. The number of nitrogens with two attached hydrogens (primary N) is 1. The maximum atomic E-state index is 12.1. The standard InChI is InChI=1S/C18H23N3O2.2ClH/c1-13(2)9-17(19)18(22)21-15-6-3-7-16(10-15)23-12-14-5-4-8-20-11-14;;/h3-8,10-11,13,17H,9,12,19H2,1-2H3,(H,21,22);2*1H/t17-;;/m0../s1. The van der Waals surface area contributed by atoms with E-state index >= 15 is 0 Å². The predicted octanol–water partition coefficient (Wildman–Crippen LogP) is 3.82. The van der Waals surface area contributed by atoms with Crippen molar-refractivity contribution in [2.75, 3.05) is 5.32 Å². The van der Waals surface area contributed by atoms with Crippen molar-refractivity contribution in [3.05, 3.63) is 54.4 Å².